The molecule has 66 valence electrons. The molecule has 0 fully saturated rings. The minimum Gasteiger partial charge on any atom is -0.508 e. The van der Waals surface area contributed by atoms with Crippen molar-refractivity contribution in [1.82, 2.24) is 0 Å². The van der Waals surface area contributed by atoms with Crippen LogP contribution >= 0.6 is 0 Å². The predicted octanol–water partition coefficient (Wildman–Crippen LogP) is -0.0826. The molecule has 1 atom stereocenters. The zero-order valence-corrected chi connectivity index (χ0v) is 6.44. The Morgan fingerprint density at radius 2 is 1.67 bits per heavy atom. The Labute approximate surface area is 69.9 Å². The van der Waals surface area contributed by atoms with Crippen molar-refractivity contribution in [3.05, 3.63) is 23.8 Å². The quantitative estimate of drug-likeness (QED) is 0.466. The van der Waals surface area contributed by atoms with Crippen LogP contribution in [0.2, 0.25) is 0 Å². The molecule has 0 aromatic heterocycles. The number of benzene rings is 1. The summed E-state index contributed by atoms with van der Waals surface area (Å²) in [4.78, 5) is 0. The summed E-state index contributed by atoms with van der Waals surface area (Å²) in [6, 6.07) is 4.10. The van der Waals surface area contributed by atoms with Crippen molar-refractivity contribution in [3.8, 4) is 11.5 Å². The lowest BCUT2D eigenvalue weighted by molar-refractivity contribution is 0.183. The highest BCUT2D eigenvalue weighted by Gasteiger charge is 2.02. The van der Waals surface area contributed by atoms with E-state index in [9.17, 15) is 0 Å². The van der Waals surface area contributed by atoms with E-state index in [2.05, 4.69) is 0 Å². The van der Waals surface area contributed by atoms with Crippen molar-refractivity contribution in [2.24, 2.45) is 5.73 Å². The number of rotatable bonds is 2. The van der Waals surface area contributed by atoms with E-state index in [-0.39, 0.29) is 17.9 Å². The third-order valence-corrected chi connectivity index (χ3v) is 1.41. The summed E-state index contributed by atoms with van der Waals surface area (Å²) in [5.41, 5.74) is 5.72. The van der Waals surface area contributed by atoms with Gasteiger partial charge in [-0.05, 0) is 17.7 Å². The standard InChI is InChI=1S/C8H11NO3/c9-8(12)3-5-1-6(10)4-7(11)2-5/h1-2,4,8,10-12H,3,9H2. The van der Waals surface area contributed by atoms with Crippen LogP contribution in [-0.2, 0) is 6.42 Å². The lowest BCUT2D eigenvalue weighted by Crippen LogP contribution is -2.21. The van der Waals surface area contributed by atoms with Crippen molar-refractivity contribution < 1.29 is 15.3 Å². The highest BCUT2D eigenvalue weighted by molar-refractivity contribution is 5.36. The summed E-state index contributed by atoms with van der Waals surface area (Å²) in [5, 5.41) is 26.9. The number of hydrogen-bond acceptors (Lipinski definition) is 4. The molecule has 1 aromatic carbocycles. The molecule has 4 nitrogen and oxygen atoms in total. The van der Waals surface area contributed by atoms with E-state index in [1.54, 1.807) is 0 Å². The zero-order valence-electron chi connectivity index (χ0n) is 6.44. The fourth-order valence-electron chi connectivity index (χ4n) is 1.02. The average molecular weight is 169 g/mol. The molecule has 0 aliphatic carbocycles. The van der Waals surface area contributed by atoms with Gasteiger partial charge in [-0.1, -0.05) is 0 Å². The van der Waals surface area contributed by atoms with E-state index >= 15 is 0 Å². The van der Waals surface area contributed by atoms with E-state index < -0.39 is 6.23 Å². The Hall–Kier alpha value is -1.26. The molecule has 1 rings (SSSR count). The van der Waals surface area contributed by atoms with Crippen LogP contribution in [-0.4, -0.2) is 21.5 Å². The second-order valence-electron chi connectivity index (χ2n) is 2.63. The van der Waals surface area contributed by atoms with Crippen LogP contribution in [0.15, 0.2) is 18.2 Å². The van der Waals surface area contributed by atoms with Gasteiger partial charge in [0.1, 0.15) is 17.7 Å². The van der Waals surface area contributed by atoms with Crippen molar-refractivity contribution in [2.45, 2.75) is 12.6 Å². The normalized spacial score (nSPS) is 12.8. The van der Waals surface area contributed by atoms with Crippen LogP contribution < -0.4 is 5.73 Å². The topological polar surface area (TPSA) is 86.7 Å². The van der Waals surface area contributed by atoms with E-state index in [0.717, 1.165) is 0 Å². The smallest absolute Gasteiger partial charge is 0.119 e. The summed E-state index contributed by atoms with van der Waals surface area (Å²) in [6.45, 7) is 0. The third-order valence-electron chi connectivity index (χ3n) is 1.41. The molecule has 0 saturated carbocycles. The number of aromatic hydroxyl groups is 2. The summed E-state index contributed by atoms with van der Waals surface area (Å²) >= 11 is 0. The van der Waals surface area contributed by atoms with E-state index in [1.807, 2.05) is 0 Å². The van der Waals surface area contributed by atoms with Gasteiger partial charge in [0.15, 0.2) is 0 Å². The molecular formula is C8H11NO3. The molecular weight excluding hydrogens is 158 g/mol. The van der Waals surface area contributed by atoms with E-state index in [0.29, 0.717) is 5.56 Å². The minimum atomic E-state index is -0.966. The van der Waals surface area contributed by atoms with E-state index in [1.165, 1.54) is 18.2 Å². The SMILES string of the molecule is NC(O)Cc1cc(O)cc(O)c1. The molecule has 0 spiro atoms. The van der Waals surface area contributed by atoms with E-state index in [4.69, 9.17) is 21.1 Å². The van der Waals surface area contributed by atoms with Crippen LogP contribution in [0.5, 0.6) is 11.5 Å². The van der Waals surface area contributed by atoms with Crippen LogP contribution in [0.4, 0.5) is 0 Å². The summed E-state index contributed by atoms with van der Waals surface area (Å²) in [6.07, 6.45) is -0.756. The number of nitrogens with two attached hydrogens (primary N) is 1. The first-order chi connectivity index (χ1) is 5.58. The first kappa shape index (κ1) is 8.83. The Morgan fingerprint density at radius 3 is 2.08 bits per heavy atom. The maximum absolute atomic E-state index is 9.02. The van der Waals surface area contributed by atoms with Crippen molar-refractivity contribution in [2.75, 3.05) is 0 Å². The molecule has 0 heterocycles. The minimum absolute atomic E-state index is 0.0364. The van der Waals surface area contributed by atoms with Crippen molar-refractivity contribution in [3.63, 3.8) is 0 Å². The van der Waals surface area contributed by atoms with Crippen LogP contribution in [0, 0.1) is 0 Å². The van der Waals surface area contributed by atoms with Gasteiger partial charge in [0.05, 0.1) is 0 Å². The highest BCUT2D eigenvalue weighted by Crippen LogP contribution is 2.20. The molecule has 0 saturated heterocycles. The molecule has 0 aliphatic rings. The Balaban J connectivity index is 2.85. The van der Waals surface area contributed by atoms with Gasteiger partial charge >= 0.3 is 0 Å². The first-order valence-electron chi connectivity index (χ1n) is 3.53. The maximum atomic E-state index is 9.02. The molecule has 1 unspecified atom stereocenters. The number of hydrogen-bond donors (Lipinski definition) is 4. The Kier molecular flexibility index (Phi) is 2.52. The van der Waals surface area contributed by atoms with Crippen LogP contribution in [0.3, 0.4) is 0 Å². The Bertz CT molecular complexity index is 253. The van der Waals surface area contributed by atoms with Crippen molar-refractivity contribution >= 4 is 0 Å². The first-order valence-corrected chi connectivity index (χ1v) is 3.53. The number of aliphatic hydroxyl groups is 1. The summed E-state index contributed by atoms with van der Waals surface area (Å²) in [7, 11) is 0. The van der Waals surface area contributed by atoms with Gasteiger partial charge in [-0.15, -0.1) is 0 Å². The number of phenolic OH excluding ortho intramolecular Hbond substituents is 2. The number of phenols is 2. The number of aliphatic hydroxyl groups excluding tert-OH is 1. The fourth-order valence-corrected chi connectivity index (χ4v) is 1.02. The second-order valence-corrected chi connectivity index (χ2v) is 2.63. The van der Waals surface area contributed by atoms with Gasteiger partial charge in [-0.2, -0.15) is 0 Å². The lowest BCUT2D eigenvalue weighted by atomic mass is 10.1. The lowest BCUT2D eigenvalue weighted by Gasteiger charge is -2.05. The van der Waals surface area contributed by atoms with Crippen molar-refractivity contribution in [1.29, 1.82) is 0 Å². The summed E-state index contributed by atoms with van der Waals surface area (Å²) in [5.74, 6) is -0.0729. The van der Waals surface area contributed by atoms with Gasteiger partial charge < -0.3 is 21.1 Å². The Morgan fingerprint density at radius 1 is 1.17 bits per heavy atom. The molecule has 0 radical (unpaired) electrons. The monoisotopic (exact) mass is 169 g/mol. The van der Waals surface area contributed by atoms with Crippen LogP contribution in [0.1, 0.15) is 5.56 Å². The zero-order chi connectivity index (χ0) is 9.14. The van der Waals surface area contributed by atoms with Gasteiger partial charge in [-0.3, -0.25) is 0 Å². The summed E-state index contributed by atoms with van der Waals surface area (Å²) < 4.78 is 0. The predicted molar refractivity (Wildman–Crippen MR) is 43.7 cm³/mol. The third kappa shape index (κ3) is 2.41. The average Bonchev–Trinajstić information content (AvgIpc) is 1.81. The molecule has 0 aliphatic heterocycles. The van der Waals surface area contributed by atoms with Crippen LogP contribution in [0.25, 0.3) is 0 Å². The molecule has 5 N–H and O–H groups in total. The molecule has 0 bridgehead atoms. The highest BCUT2D eigenvalue weighted by atomic mass is 16.3. The largest absolute Gasteiger partial charge is 0.508 e. The molecule has 12 heavy (non-hydrogen) atoms. The van der Waals surface area contributed by atoms with Gasteiger partial charge in [0.25, 0.3) is 0 Å². The maximum Gasteiger partial charge on any atom is 0.119 e. The molecule has 4 heteroatoms. The van der Waals surface area contributed by atoms with Gasteiger partial charge in [0, 0.05) is 12.5 Å². The van der Waals surface area contributed by atoms with Gasteiger partial charge in [-0.25, -0.2) is 0 Å². The molecule has 1 aromatic rings. The van der Waals surface area contributed by atoms with Gasteiger partial charge in [0.2, 0.25) is 0 Å². The second kappa shape index (κ2) is 3.42. The fraction of sp³-hybridized carbons (Fsp3) is 0.250. The molecule has 0 amide bonds.